The highest BCUT2D eigenvalue weighted by Gasteiger charge is 2.19. The van der Waals surface area contributed by atoms with Gasteiger partial charge in [0.25, 0.3) is 6.43 Å². The number of aliphatic hydroxyl groups is 1. The topological polar surface area (TPSA) is 33.1 Å². The summed E-state index contributed by atoms with van der Waals surface area (Å²) in [4.78, 5) is 5.07. The van der Waals surface area contributed by atoms with Crippen LogP contribution >= 0.6 is 11.3 Å². The zero-order valence-electron chi connectivity index (χ0n) is 7.42. The molecular formula is C8H11F2NOS. The highest BCUT2D eigenvalue weighted by molar-refractivity contribution is 7.11. The van der Waals surface area contributed by atoms with Crippen LogP contribution in [0.2, 0.25) is 0 Å². The number of thiazole rings is 1. The Hall–Kier alpha value is -0.550. The minimum absolute atomic E-state index is 0.0585. The Morgan fingerprint density at radius 2 is 2.08 bits per heavy atom. The van der Waals surface area contributed by atoms with E-state index in [1.807, 2.05) is 13.8 Å². The smallest absolute Gasteiger partial charge is 0.264 e. The number of aliphatic hydroxyl groups excluding tert-OH is 1. The first-order valence-corrected chi connectivity index (χ1v) is 4.71. The molecule has 13 heavy (non-hydrogen) atoms. The zero-order chi connectivity index (χ0) is 10.0. The zero-order valence-corrected chi connectivity index (χ0v) is 8.24. The van der Waals surface area contributed by atoms with Gasteiger partial charge in [-0.3, -0.25) is 0 Å². The van der Waals surface area contributed by atoms with Gasteiger partial charge in [0.05, 0.1) is 10.7 Å². The Kier molecular flexibility index (Phi) is 3.33. The fourth-order valence-electron chi connectivity index (χ4n) is 0.894. The second-order valence-electron chi connectivity index (χ2n) is 2.86. The lowest BCUT2D eigenvalue weighted by Gasteiger charge is -2.05. The van der Waals surface area contributed by atoms with Crippen LogP contribution in [-0.2, 0) is 6.42 Å². The van der Waals surface area contributed by atoms with Gasteiger partial charge in [-0.15, -0.1) is 11.3 Å². The van der Waals surface area contributed by atoms with Gasteiger partial charge in [0.1, 0.15) is 6.10 Å². The molecule has 1 aromatic heterocycles. The summed E-state index contributed by atoms with van der Waals surface area (Å²) < 4.78 is 23.9. The summed E-state index contributed by atoms with van der Waals surface area (Å²) in [6.45, 7) is 3.70. The molecule has 0 bridgehead atoms. The quantitative estimate of drug-likeness (QED) is 0.821. The highest BCUT2D eigenvalue weighted by Crippen LogP contribution is 2.19. The van der Waals surface area contributed by atoms with Crippen molar-refractivity contribution in [1.29, 1.82) is 0 Å². The molecule has 0 fully saturated rings. The molecule has 0 aliphatic rings. The number of aromatic nitrogens is 1. The first-order valence-electron chi connectivity index (χ1n) is 3.90. The summed E-state index contributed by atoms with van der Waals surface area (Å²) in [5, 5.41) is 9.47. The van der Waals surface area contributed by atoms with Gasteiger partial charge < -0.3 is 5.11 Å². The number of hydrogen-bond donors (Lipinski definition) is 1. The lowest BCUT2D eigenvalue weighted by atomic mass is 10.3. The fraction of sp³-hybridized carbons (Fsp3) is 0.625. The van der Waals surface area contributed by atoms with Crippen LogP contribution in [0.4, 0.5) is 8.78 Å². The second kappa shape index (κ2) is 4.11. The van der Waals surface area contributed by atoms with Crippen LogP contribution in [0.1, 0.15) is 15.6 Å². The van der Waals surface area contributed by atoms with Crippen LogP contribution in [0, 0.1) is 13.8 Å². The Balaban J connectivity index is 2.64. The van der Waals surface area contributed by atoms with Crippen LogP contribution in [0.5, 0.6) is 0 Å². The van der Waals surface area contributed by atoms with Gasteiger partial charge >= 0.3 is 0 Å². The molecule has 1 rings (SSSR count). The number of alkyl halides is 2. The summed E-state index contributed by atoms with van der Waals surface area (Å²) in [5.41, 5.74) is 0.849. The van der Waals surface area contributed by atoms with E-state index in [1.54, 1.807) is 0 Å². The average Bonchev–Trinajstić information content (AvgIpc) is 2.31. The molecule has 1 N–H and O–H groups in total. The molecule has 1 atom stereocenters. The summed E-state index contributed by atoms with van der Waals surface area (Å²) in [7, 11) is 0. The van der Waals surface area contributed by atoms with Gasteiger partial charge in [-0.2, -0.15) is 0 Å². The Bertz CT molecular complexity index is 268. The van der Waals surface area contributed by atoms with Crippen molar-refractivity contribution in [2.75, 3.05) is 0 Å². The van der Waals surface area contributed by atoms with E-state index < -0.39 is 12.5 Å². The third-order valence-electron chi connectivity index (χ3n) is 1.75. The predicted octanol–water partition coefficient (Wildman–Crippen LogP) is 1.93. The van der Waals surface area contributed by atoms with Crippen LogP contribution in [0.15, 0.2) is 0 Å². The molecule has 1 heterocycles. The minimum atomic E-state index is -2.69. The van der Waals surface area contributed by atoms with E-state index in [1.165, 1.54) is 11.3 Å². The molecule has 0 spiro atoms. The molecule has 0 saturated heterocycles. The molecule has 2 nitrogen and oxygen atoms in total. The molecule has 1 aromatic rings. The lowest BCUT2D eigenvalue weighted by Crippen LogP contribution is -2.19. The maximum atomic E-state index is 11.9. The van der Waals surface area contributed by atoms with Crippen LogP contribution in [0.3, 0.4) is 0 Å². The van der Waals surface area contributed by atoms with E-state index in [4.69, 9.17) is 5.11 Å². The van der Waals surface area contributed by atoms with Crippen molar-refractivity contribution >= 4 is 11.3 Å². The van der Waals surface area contributed by atoms with Gasteiger partial charge in [-0.25, -0.2) is 13.8 Å². The van der Waals surface area contributed by atoms with E-state index in [-0.39, 0.29) is 6.42 Å². The largest absolute Gasteiger partial charge is 0.387 e. The molecule has 0 saturated carbocycles. The van der Waals surface area contributed by atoms with Crippen molar-refractivity contribution in [2.45, 2.75) is 32.8 Å². The van der Waals surface area contributed by atoms with Crippen LogP contribution < -0.4 is 0 Å². The van der Waals surface area contributed by atoms with E-state index in [0.29, 0.717) is 5.01 Å². The molecule has 0 aliphatic carbocycles. The first kappa shape index (κ1) is 10.5. The normalized spacial score (nSPS) is 13.7. The Morgan fingerprint density at radius 1 is 1.46 bits per heavy atom. The number of hydrogen-bond acceptors (Lipinski definition) is 3. The summed E-state index contributed by atoms with van der Waals surface area (Å²) >= 11 is 1.36. The number of aryl methyl sites for hydroxylation is 2. The molecule has 1 unspecified atom stereocenters. The summed E-state index contributed by atoms with van der Waals surface area (Å²) in [5.74, 6) is 0. The molecule has 0 amide bonds. The van der Waals surface area contributed by atoms with Gasteiger partial charge in [-0.1, -0.05) is 0 Å². The minimum Gasteiger partial charge on any atom is -0.387 e. The van der Waals surface area contributed by atoms with Crippen molar-refractivity contribution in [3.05, 3.63) is 15.6 Å². The number of nitrogens with zero attached hydrogens (tertiary/aromatic N) is 1. The van der Waals surface area contributed by atoms with E-state index in [9.17, 15) is 8.78 Å². The number of halogens is 2. The monoisotopic (exact) mass is 207 g/mol. The summed E-state index contributed by atoms with van der Waals surface area (Å²) in [6, 6.07) is 0. The maximum absolute atomic E-state index is 11.9. The lowest BCUT2D eigenvalue weighted by molar-refractivity contribution is -0.00368. The average molecular weight is 207 g/mol. The van der Waals surface area contributed by atoms with Crippen LogP contribution in [-0.4, -0.2) is 22.6 Å². The van der Waals surface area contributed by atoms with Gasteiger partial charge in [-0.05, 0) is 13.8 Å². The van der Waals surface area contributed by atoms with Gasteiger partial charge in [0.15, 0.2) is 0 Å². The third-order valence-corrected chi connectivity index (χ3v) is 2.84. The number of rotatable bonds is 3. The van der Waals surface area contributed by atoms with Crippen molar-refractivity contribution in [3.63, 3.8) is 0 Å². The third kappa shape index (κ3) is 2.70. The highest BCUT2D eigenvalue weighted by atomic mass is 32.1. The van der Waals surface area contributed by atoms with Crippen molar-refractivity contribution < 1.29 is 13.9 Å². The maximum Gasteiger partial charge on any atom is 0.264 e. The fourth-order valence-corrected chi connectivity index (χ4v) is 1.88. The molecular weight excluding hydrogens is 196 g/mol. The summed E-state index contributed by atoms with van der Waals surface area (Å²) in [6.07, 6.45) is -4.34. The van der Waals surface area contributed by atoms with Crippen molar-refractivity contribution in [2.24, 2.45) is 0 Å². The van der Waals surface area contributed by atoms with Crippen LogP contribution in [0.25, 0.3) is 0 Å². The van der Waals surface area contributed by atoms with E-state index in [0.717, 1.165) is 10.6 Å². The molecule has 0 aliphatic heterocycles. The molecule has 74 valence electrons. The SMILES string of the molecule is Cc1nc(CC(O)C(F)F)sc1C. The molecule has 5 heteroatoms. The standard InChI is InChI=1S/C8H11F2NOS/c1-4-5(2)13-7(11-4)3-6(12)8(9)10/h6,8,12H,3H2,1-2H3. The molecule has 0 radical (unpaired) electrons. The van der Waals surface area contributed by atoms with E-state index in [2.05, 4.69) is 4.98 Å². The van der Waals surface area contributed by atoms with Crippen molar-refractivity contribution in [3.8, 4) is 0 Å². The second-order valence-corrected chi connectivity index (χ2v) is 4.14. The van der Waals surface area contributed by atoms with E-state index >= 15 is 0 Å². The first-order chi connectivity index (χ1) is 6.00. The van der Waals surface area contributed by atoms with Gasteiger partial charge in [0.2, 0.25) is 0 Å². The Labute approximate surface area is 79.2 Å². The predicted molar refractivity (Wildman–Crippen MR) is 47.3 cm³/mol. The van der Waals surface area contributed by atoms with Gasteiger partial charge in [0, 0.05) is 11.3 Å². The van der Waals surface area contributed by atoms with Crippen molar-refractivity contribution in [1.82, 2.24) is 4.98 Å². The Morgan fingerprint density at radius 3 is 2.46 bits per heavy atom. The molecule has 0 aromatic carbocycles.